The molecule has 1 aromatic heterocycles. The van der Waals surface area contributed by atoms with Crippen molar-refractivity contribution in [2.45, 2.75) is 45.5 Å². The Kier molecular flexibility index (Phi) is 9.46. The van der Waals surface area contributed by atoms with Gasteiger partial charge in [-0.3, -0.25) is 0 Å². The van der Waals surface area contributed by atoms with Crippen molar-refractivity contribution in [1.82, 2.24) is 15.0 Å². The van der Waals surface area contributed by atoms with E-state index in [1.807, 2.05) is 20.8 Å². The molecule has 0 spiro atoms. The van der Waals surface area contributed by atoms with Gasteiger partial charge in [-0.05, 0) is 20.8 Å². The first-order valence-electron chi connectivity index (χ1n) is 8.00. The summed E-state index contributed by atoms with van der Waals surface area (Å²) >= 11 is 0. The van der Waals surface area contributed by atoms with E-state index < -0.39 is 0 Å². The van der Waals surface area contributed by atoms with Gasteiger partial charge in [-0.15, -0.1) is 0 Å². The molecule has 0 saturated carbocycles. The highest BCUT2D eigenvalue weighted by molar-refractivity contribution is 5.25. The van der Waals surface area contributed by atoms with Crippen LogP contribution in [0.5, 0.6) is 0 Å². The molecule has 1 heterocycles. The van der Waals surface area contributed by atoms with Gasteiger partial charge in [-0.2, -0.15) is 15.0 Å². The predicted octanol–water partition coefficient (Wildman–Crippen LogP) is 0.440. The van der Waals surface area contributed by atoms with Gasteiger partial charge in [0.05, 0.1) is 44.7 Å². The SMILES string of the molecule is COC(C)COC(C)COC(C)COCCc1nc(N)nc(N)n1. The predicted molar refractivity (Wildman–Crippen MR) is 90.5 cm³/mol. The Bertz CT molecular complexity index is 457. The van der Waals surface area contributed by atoms with Crippen LogP contribution in [0.4, 0.5) is 11.9 Å². The molecule has 3 unspecified atom stereocenters. The number of anilines is 2. The van der Waals surface area contributed by atoms with Gasteiger partial charge in [-0.1, -0.05) is 0 Å². The van der Waals surface area contributed by atoms with Gasteiger partial charge in [0.2, 0.25) is 11.9 Å². The quantitative estimate of drug-likeness (QED) is 0.519. The molecule has 138 valence electrons. The first-order valence-corrected chi connectivity index (χ1v) is 8.00. The van der Waals surface area contributed by atoms with Gasteiger partial charge in [0.25, 0.3) is 0 Å². The number of nitrogens with zero attached hydrogens (tertiary/aromatic N) is 3. The molecule has 0 aliphatic rings. The van der Waals surface area contributed by atoms with Gasteiger partial charge in [-0.25, -0.2) is 0 Å². The average Bonchev–Trinajstić information content (AvgIpc) is 2.53. The lowest BCUT2D eigenvalue weighted by atomic mass is 10.4. The van der Waals surface area contributed by atoms with E-state index in [1.54, 1.807) is 7.11 Å². The van der Waals surface area contributed by atoms with Crippen molar-refractivity contribution < 1.29 is 18.9 Å². The van der Waals surface area contributed by atoms with Crippen molar-refractivity contribution in [3.8, 4) is 0 Å². The van der Waals surface area contributed by atoms with E-state index in [1.165, 1.54) is 0 Å². The molecule has 0 saturated heterocycles. The Hall–Kier alpha value is -1.55. The number of nitrogens with two attached hydrogens (primary N) is 2. The van der Waals surface area contributed by atoms with Crippen LogP contribution in [0.25, 0.3) is 0 Å². The summed E-state index contributed by atoms with van der Waals surface area (Å²) in [5.74, 6) is 0.750. The summed E-state index contributed by atoms with van der Waals surface area (Å²) in [5.41, 5.74) is 11.0. The van der Waals surface area contributed by atoms with E-state index >= 15 is 0 Å². The lowest BCUT2D eigenvalue weighted by molar-refractivity contribution is -0.0743. The molecule has 0 aliphatic carbocycles. The minimum atomic E-state index is -0.0376. The summed E-state index contributed by atoms with van der Waals surface area (Å²) in [5, 5.41) is 0. The number of hydrogen-bond acceptors (Lipinski definition) is 9. The van der Waals surface area contributed by atoms with Crippen LogP contribution < -0.4 is 11.5 Å². The molecule has 24 heavy (non-hydrogen) atoms. The van der Waals surface area contributed by atoms with Gasteiger partial charge in [0, 0.05) is 13.5 Å². The van der Waals surface area contributed by atoms with Crippen LogP contribution >= 0.6 is 0 Å². The smallest absolute Gasteiger partial charge is 0.225 e. The van der Waals surface area contributed by atoms with Gasteiger partial charge >= 0.3 is 0 Å². The van der Waals surface area contributed by atoms with Crippen LogP contribution in [-0.4, -0.2) is 66.8 Å². The van der Waals surface area contributed by atoms with Crippen molar-refractivity contribution >= 4 is 11.9 Å². The summed E-state index contributed by atoms with van der Waals surface area (Å²) in [6.45, 7) is 7.84. The number of aromatic nitrogens is 3. The Balaban J connectivity index is 2.12. The summed E-state index contributed by atoms with van der Waals surface area (Å²) in [4.78, 5) is 11.7. The van der Waals surface area contributed by atoms with E-state index in [-0.39, 0.29) is 30.2 Å². The fourth-order valence-electron chi connectivity index (χ4n) is 1.75. The summed E-state index contributed by atoms with van der Waals surface area (Å²) in [7, 11) is 1.66. The fraction of sp³-hybridized carbons (Fsp3) is 0.800. The van der Waals surface area contributed by atoms with Crippen LogP contribution in [-0.2, 0) is 25.4 Å². The number of rotatable bonds is 12. The lowest BCUT2D eigenvalue weighted by Gasteiger charge is -2.19. The average molecular weight is 343 g/mol. The first kappa shape index (κ1) is 20.5. The molecule has 9 heteroatoms. The molecule has 0 radical (unpaired) electrons. The second kappa shape index (κ2) is 11.1. The number of nitrogen functional groups attached to an aromatic ring is 2. The number of ether oxygens (including phenoxy) is 4. The molecular weight excluding hydrogens is 314 g/mol. The Morgan fingerprint density at radius 1 is 0.833 bits per heavy atom. The molecule has 9 nitrogen and oxygen atoms in total. The van der Waals surface area contributed by atoms with Gasteiger partial charge in [0.15, 0.2) is 0 Å². The standard InChI is InChI=1S/C15H29N5O4/c1-10(21-4)8-23-12(3)9-24-11(2)7-22-6-5-13-18-14(16)20-15(17)19-13/h10-12H,5-9H2,1-4H3,(H4,16,17,18,19,20). The third kappa shape index (κ3) is 8.92. The summed E-state index contributed by atoms with van der Waals surface area (Å²) < 4.78 is 22.0. The zero-order valence-electron chi connectivity index (χ0n) is 14.9. The van der Waals surface area contributed by atoms with E-state index in [9.17, 15) is 0 Å². The van der Waals surface area contributed by atoms with Crippen molar-refractivity contribution in [1.29, 1.82) is 0 Å². The molecule has 4 N–H and O–H groups in total. The highest BCUT2D eigenvalue weighted by Gasteiger charge is 2.09. The maximum atomic E-state index is 5.69. The third-order valence-electron chi connectivity index (χ3n) is 3.17. The normalized spacial score (nSPS) is 15.2. The second-order valence-corrected chi connectivity index (χ2v) is 5.63. The molecule has 0 aromatic carbocycles. The van der Waals surface area contributed by atoms with Crippen LogP contribution in [0.2, 0.25) is 0 Å². The number of methoxy groups -OCH3 is 1. The monoisotopic (exact) mass is 343 g/mol. The zero-order chi connectivity index (χ0) is 17.9. The zero-order valence-corrected chi connectivity index (χ0v) is 14.9. The first-order chi connectivity index (χ1) is 11.4. The lowest BCUT2D eigenvalue weighted by Crippen LogP contribution is -2.26. The molecule has 1 aromatic rings. The van der Waals surface area contributed by atoms with Crippen LogP contribution in [0.3, 0.4) is 0 Å². The molecule has 3 atom stereocenters. The van der Waals surface area contributed by atoms with Crippen LogP contribution in [0.1, 0.15) is 26.6 Å². The Morgan fingerprint density at radius 3 is 1.96 bits per heavy atom. The van der Waals surface area contributed by atoms with E-state index in [0.29, 0.717) is 38.7 Å². The van der Waals surface area contributed by atoms with Gasteiger partial charge in [0.1, 0.15) is 5.82 Å². The largest absolute Gasteiger partial charge is 0.379 e. The minimum Gasteiger partial charge on any atom is -0.379 e. The highest BCUT2D eigenvalue weighted by Crippen LogP contribution is 2.02. The third-order valence-corrected chi connectivity index (χ3v) is 3.17. The maximum Gasteiger partial charge on any atom is 0.225 e. The van der Waals surface area contributed by atoms with E-state index in [2.05, 4.69) is 15.0 Å². The highest BCUT2D eigenvalue weighted by atomic mass is 16.6. The van der Waals surface area contributed by atoms with Gasteiger partial charge < -0.3 is 30.4 Å². The van der Waals surface area contributed by atoms with Crippen LogP contribution in [0.15, 0.2) is 0 Å². The maximum absolute atomic E-state index is 5.69. The Labute approximate surface area is 143 Å². The van der Waals surface area contributed by atoms with E-state index in [4.69, 9.17) is 30.4 Å². The van der Waals surface area contributed by atoms with Crippen LogP contribution in [0, 0.1) is 0 Å². The van der Waals surface area contributed by atoms with Crippen molar-refractivity contribution in [2.24, 2.45) is 0 Å². The minimum absolute atomic E-state index is 0.00113. The van der Waals surface area contributed by atoms with Crippen molar-refractivity contribution in [2.75, 3.05) is 45.0 Å². The molecule has 0 amide bonds. The molecule has 0 aliphatic heterocycles. The molecular formula is C15H29N5O4. The summed E-state index contributed by atoms with van der Waals surface area (Å²) in [6.07, 6.45) is 0.551. The van der Waals surface area contributed by atoms with E-state index in [0.717, 1.165) is 0 Å². The van der Waals surface area contributed by atoms with Crippen molar-refractivity contribution in [3.63, 3.8) is 0 Å². The topological polar surface area (TPSA) is 128 Å². The summed E-state index contributed by atoms with van der Waals surface area (Å²) in [6, 6.07) is 0. The van der Waals surface area contributed by atoms with Crippen molar-refractivity contribution in [3.05, 3.63) is 5.82 Å². The molecule has 1 rings (SSSR count). The fourth-order valence-corrected chi connectivity index (χ4v) is 1.75. The second-order valence-electron chi connectivity index (χ2n) is 5.63. The molecule has 0 bridgehead atoms. The Morgan fingerprint density at radius 2 is 1.38 bits per heavy atom. The molecule has 0 fully saturated rings. The number of hydrogen-bond donors (Lipinski definition) is 2.